The minimum absolute atomic E-state index is 0.00111. The molecule has 34 nitrogen and oxygen atoms in total. The molecule has 1 aromatic heterocycles. The van der Waals surface area contributed by atoms with Gasteiger partial charge in [0, 0.05) is 61.2 Å². The Labute approximate surface area is 639 Å². The van der Waals surface area contributed by atoms with Crippen LogP contribution in [0.3, 0.4) is 0 Å². The third-order valence-electron chi connectivity index (χ3n) is 17.2. The Morgan fingerprint density at radius 3 is 1.21 bits per heavy atom. The number of thioether (sulfide) groups is 1. The van der Waals surface area contributed by atoms with Gasteiger partial charge in [-0.1, -0.05) is 121 Å². The average Bonchev–Trinajstić information content (AvgIpc) is 1.79. The van der Waals surface area contributed by atoms with E-state index in [1.54, 1.807) is 121 Å². The van der Waals surface area contributed by atoms with E-state index in [1.807, 2.05) is 0 Å². The van der Waals surface area contributed by atoms with Crippen molar-refractivity contribution in [2.45, 2.75) is 176 Å². The van der Waals surface area contributed by atoms with E-state index < -0.39 is 175 Å². The molecule has 5 aromatic rings. The monoisotopic (exact) mass is 1550 g/mol. The molecule has 0 aliphatic heterocycles. The lowest BCUT2D eigenvalue weighted by Gasteiger charge is -2.29. The van der Waals surface area contributed by atoms with Crippen LogP contribution in [0.15, 0.2) is 121 Å². The van der Waals surface area contributed by atoms with E-state index in [1.165, 1.54) is 6.92 Å². The van der Waals surface area contributed by atoms with Gasteiger partial charge in [-0.05, 0) is 93.8 Å². The lowest BCUT2D eigenvalue weighted by molar-refractivity contribution is -0.142. The van der Waals surface area contributed by atoms with Gasteiger partial charge in [-0.25, -0.2) is 4.79 Å². The van der Waals surface area contributed by atoms with Crippen molar-refractivity contribution in [2.75, 3.05) is 31.2 Å². The molecule has 0 unspecified atom stereocenters. The summed E-state index contributed by atoms with van der Waals surface area (Å²) in [6.45, 7) is 2.86. The predicted octanol–water partition coefficient (Wildman–Crippen LogP) is -3.72. The highest BCUT2D eigenvalue weighted by molar-refractivity contribution is 8.13. The first-order valence-corrected chi connectivity index (χ1v) is 37.0. The number of carboxylic acids is 1. The van der Waals surface area contributed by atoms with Crippen LogP contribution >= 0.6 is 24.4 Å². The molecule has 109 heavy (non-hydrogen) atoms. The van der Waals surface area contributed by atoms with Crippen LogP contribution in [0, 0.1) is 0 Å². The number of unbranched alkanes of at least 4 members (excludes halogenated alkanes) is 2. The number of fused-ring (bicyclic) bond motifs is 1. The van der Waals surface area contributed by atoms with Gasteiger partial charge in [0.2, 0.25) is 70.9 Å². The van der Waals surface area contributed by atoms with Crippen molar-refractivity contribution in [3.63, 3.8) is 0 Å². The van der Waals surface area contributed by atoms with Crippen LogP contribution in [0.25, 0.3) is 10.9 Å². The van der Waals surface area contributed by atoms with E-state index >= 15 is 14.4 Å². The SMILES string of the molecule is CC(=O)SC[C@H](N)C(=O)N[C@@H](CCCCN)C(=O)N[C@@H](CC(N)=O)C(=O)N[C@@H](Cc1ccccc1)C(=O)N[C@@H](Cc1ccccc1)C(=O)N[C@@H](Cc1c[nH]c2ccccc12)C(=O)N[C@@H](CCCCN)C(=O)N[C@H](C(=O)N[C@@H](Cc1ccccc1)C(=O)N[C@H](C(=O)N[C@@H](CO)C(=O)N[C@@H](CS)C(=O)O)[C@@H](C)O)[C@@H](C)O. The highest BCUT2D eigenvalue weighted by Gasteiger charge is 2.39. The molecule has 0 bridgehead atoms. The number of H-pyrrole nitrogens is 1. The summed E-state index contributed by atoms with van der Waals surface area (Å²) in [6.07, 6.45) is -2.60. The predicted molar refractivity (Wildman–Crippen MR) is 406 cm³/mol. The molecule has 0 saturated heterocycles. The smallest absolute Gasteiger partial charge is 0.327 e. The minimum atomic E-state index is -1.90. The summed E-state index contributed by atoms with van der Waals surface area (Å²) < 4.78 is 0. The number of aliphatic hydroxyl groups is 3. The number of rotatable bonds is 47. The van der Waals surface area contributed by atoms with Gasteiger partial charge >= 0.3 is 5.97 Å². The van der Waals surface area contributed by atoms with Gasteiger partial charge in [0.05, 0.1) is 31.3 Å². The molecule has 24 N–H and O–H groups in total. The maximum Gasteiger partial charge on any atom is 0.327 e. The first kappa shape index (κ1) is 89.3. The van der Waals surface area contributed by atoms with Crippen molar-refractivity contribution in [3.8, 4) is 0 Å². The highest BCUT2D eigenvalue weighted by atomic mass is 32.2. The standard InChI is InChI=1S/C73H100N16O18S2/c1-40(91)60(71(104)85-54(33-45-23-11-6-12-24-45)69(102)89-61(41(2)92)72(105)86-57(37-90)70(103)87-58(38-108)73(106)107)88-64(97)51(28-16-18-30-75)80-67(100)55(34-46-36-78-49-26-14-13-25-47(46)49)83-66(99)53(32-44-21-9-5-10-22-44)81-65(98)52(31-43-19-7-4-8-20-43)82-68(101)56(35-59(77)94)84-63(96)50(27-15-17-29-74)79-62(95)48(76)39-109-42(3)93/h4-14,19-26,36,40-41,48,50-58,60-61,78,90-92,108H,15-18,27-35,37-39,74-76H2,1-3H3,(H2,77,94)(H,79,95)(H,80,100)(H,81,98)(H,82,101)(H,83,99)(H,84,96)(H,85,104)(H,86,105)(H,87,103)(H,88,97)(H,89,102)(H,106,107)/t40-,41-,48+,50+,51+,52+,53+,54+,55+,56+,57+,58+,60+,61+/m1/s1. The summed E-state index contributed by atoms with van der Waals surface area (Å²) >= 11 is 4.69. The zero-order chi connectivity index (χ0) is 80.3. The highest BCUT2D eigenvalue weighted by Crippen LogP contribution is 2.21. The molecule has 592 valence electrons. The Morgan fingerprint density at radius 2 is 0.798 bits per heavy atom. The number of primary amides is 1. The van der Waals surface area contributed by atoms with E-state index in [0.29, 0.717) is 52.4 Å². The normalized spacial score (nSPS) is 15.0. The number of aromatic nitrogens is 1. The Bertz CT molecular complexity index is 3880. The molecular weight excluding hydrogens is 1450 g/mol. The number of benzene rings is 4. The summed E-state index contributed by atoms with van der Waals surface area (Å²) in [5.41, 5.74) is 25.9. The molecule has 0 aliphatic carbocycles. The summed E-state index contributed by atoms with van der Waals surface area (Å²) in [7, 11) is 0. The van der Waals surface area contributed by atoms with E-state index in [4.69, 9.17) is 22.9 Å². The fourth-order valence-corrected chi connectivity index (χ4v) is 12.1. The quantitative estimate of drug-likeness (QED) is 0.0132. The van der Waals surface area contributed by atoms with Gasteiger partial charge in [0.25, 0.3) is 0 Å². The van der Waals surface area contributed by atoms with Crippen LogP contribution in [-0.4, -0.2) is 223 Å². The number of aliphatic carboxylic acids is 1. The molecular formula is C73H100N16O18S2. The largest absolute Gasteiger partial charge is 0.480 e. The zero-order valence-corrected chi connectivity index (χ0v) is 62.3. The maximum absolute atomic E-state index is 15.3. The van der Waals surface area contributed by atoms with Gasteiger partial charge in [-0.15, -0.1) is 0 Å². The van der Waals surface area contributed by atoms with E-state index in [0.717, 1.165) is 25.6 Å². The molecule has 12 amide bonds. The molecule has 0 radical (unpaired) electrons. The third-order valence-corrected chi connectivity index (χ3v) is 18.5. The van der Waals surface area contributed by atoms with E-state index in [9.17, 15) is 73.2 Å². The number of hydrogen-bond donors (Lipinski definition) is 21. The number of aliphatic hydroxyl groups excluding tert-OH is 3. The summed E-state index contributed by atoms with van der Waals surface area (Å²) in [4.78, 5) is 197. The van der Waals surface area contributed by atoms with Gasteiger partial charge in [0.15, 0.2) is 5.12 Å². The second kappa shape index (κ2) is 46.1. The summed E-state index contributed by atoms with van der Waals surface area (Å²) in [5, 5.41) is 69.3. The number of amides is 12. The number of nitrogens with one attached hydrogen (secondary N) is 12. The zero-order valence-electron chi connectivity index (χ0n) is 60.6. The Kier molecular flexibility index (Phi) is 37.8. The number of thiol groups is 1. The van der Waals surface area contributed by atoms with E-state index in [2.05, 4.69) is 76.1 Å². The number of para-hydroxylation sites is 1. The molecule has 0 fully saturated rings. The molecule has 0 aliphatic rings. The topological polar surface area (TPSA) is 572 Å². The van der Waals surface area contributed by atoms with Crippen LogP contribution in [-0.2, 0) is 92.8 Å². The van der Waals surface area contributed by atoms with Crippen molar-refractivity contribution in [1.29, 1.82) is 0 Å². The van der Waals surface area contributed by atoms with Gasteiger partial charge in [0.1, 0.15) is 66.5 Å². The third kappa shape index (κ3) is 30.0. The second-order valence-electron chi connectivity index (χ2n) is 26.0. The first-order valence-electron chi connectivity index (χ1n) is 35.4. The molecule has 0 spiro atoms. The molecule has 0 saturated carbocycles. The molecule has 5 rings (SSSR count). The molecule has 36 heteroatoms. The van der Waals surface area contributed by atoms with Crippen LogP contribution in [0.2, 0.25) is 0 Å². The molecule has 4 aromatic carbocycles. The first-order chi connectivity index (χ1) is 52.0. The number of carbonyl (C=O) groups is 14. The van der Waals surface area contributed by atoms with Gasteiger partial charge in [-0.2, -0.15) is 12.6 Å². The second-order valence-corrected chi connectivity index (χ2v) is 27.6. The number of nitrogens with two attached hydrogens (primary N) is 4. The lowest BCUT2D eigenvalue weighted by atomic mass is 10.00. The number of carbonyl (C=O) groups excluding carboxylic acids is 13. The van der Waals surface area contributed by atoms with Crippen molar-refractivity contribution < 1.29 is 87.5 Å². The van der Waals surface area contributed by atoms with Crippen LogP contribution in [0.1, 0.15) is 88.0 Å². The van der Waals surface area contributed by atoms with Crippen molar-refractivity contribution in [2.24, 2.45) is 22.9 Å². The molecule has 14 atom stereocenters. The van der Waals surface area contributed by atoms with Crippen LogP contribution in [0.5, 0.6) is 0 Å². The summed E-state index contributed by atoms with van der Waals surface area (Å²) in [5.74, 6) is -14.4. The van der Waals surface area contributed by atoms with Crippen molar-refractivity contribution >= 4 is 117 Å². The van der Waals surface area contributed by atoms with Gasteiger partial charge < -0.3 is 107 Å². The van der Waals surface area contributed by atoms with Crippen LogP contribution < -0.4 is 81.4 Å². The number of carboxylic acid groups (broad SMARTS) is 1. The van der Waals surface area contributed by atoms with Crippen molar-refractivity contribution in [3.05, 3.63) is 144 Å². The van der Waals surface area contributed by atoms with E-state index in [-0.39, 0.29) is 74.7 Å². The Hall–Kier alpha value is -10.3. The fraction of sp³-hybridized carbons (Fsp3) is 0.452. The average molecular weight is 1550 g/mol. The molecule has 1 heterocycles. The van der Waals surface area contributed by atoms with Crippen molar-refractivity contribution in [1.82, 2.24) is 63.5 Å². The van der Waals surface area contributed by atoms with Crippen LogP contribution in [0.4, 0.5) is 0 Å². The maximum atomic E-state index is 15.3. The van der Waals surface area contributed by atoms with Gasteiger partial charge in [-0.3, -0.25) is 62.3 Å². The Balaban J connectivity index is 1.47. The summed E-state index contributed by atoms with van der Waals surface area (Å²) in [6, 6.07) is 12.5. The Morgan fingerprint density at radius 1 is 0.450 bits per heavy atom. The lowest BCUT2D eigenvalue weighted by Crippen LogP contribution is -2.63. The number of hydrogen-bond acceptors (Lipinski definition) is 22. The minimum Gasteiger partial charge on any atom is -0.480 e. The number of aromatic amines is 1. The fourth-order valence-electron chi connectivity index (χ4n) is 11.3.